The Balaban J connectivity index is 1.41. The first-order chi connectivity index (χ1) is 17.0. The molecule has 0 bridgehead atoms. The van der Waals surface area contributed by atoms with Crippen LogP contribution in [0.3, 0.4) is 0 Å². The minimum Gasteiger partial charge on any atom is -0.455 e. The number of non-ortho nitro benzene ring substituents is 1. The van der Waals surface area contributed by atoms with Crippen molar-refractivity contribution in [2.45, 2.75) is 63.8 Å². The predicted octanol–water partition coefficient (Wildman–Crippen LogP) is 7.26. The van der Waals surface area contributed by atoms with Crippen molar-refractivity contribution >= 4 is 45.7 Å². The van der Waals surface area contributed by atoms with Gasteiger partial charge in [-0.05, 0) is 62.3 Å². The highest BCUT2D eigenvalue weighted by Crippen LogP contribution is 2.40. The van der Waals surface area contributed by atoms with Crippen LogP contribution in [0, 0.1) is 10.1 Å². The number of fused-ring (bicyclic) bond motifs is 1. The number of nitrogens with zero attached hydrogens (tertiary/aromatic N) is 2. The molecule has 2 aliphatic carbocycles. The number of rotatable bonds is 6. The Bertz CT molecular complexity index is 1290. The normalized spacial score (nSPS) is 16.4. The minimum atomic E-state index is -0.469. The second-order valence-corrected chi connectivity index (χ2v) is 10.6. The minimum absolute atomic E-state index is 0.0213. The smallest absolute Gasteiger partial charge is 0.270 e. The second kappa shape index (κ2) is 10.3. The summed E-state index contributed by atoms with van der Waals surface area (Å²) in [4.78, 5) is 29.9. The summed E-state index contributed by atoms with van der Waals surface area (Å²) in [5, 5.41) is 15.5. The predicted molar refractivity (Wildman–Crippen MR) is 138 cm³/mol. The Morgan fingerprint density at radius 1 is 1.14 bits per heavy atom. The average Bonchev–Trinajstić information content (AvgIpc) is 3.48. The number of halogens is 1. The monoisotopic (exact) mass is 511 g/mol. The van der Waals surface area contributed by atoms with Crippen LogP contribution in [0.4, 0.5) is 10.7 Å². The molecule has 35 heavy (non-hydrogen) atoms. The molecule has 182 valence electrons. The van der Waals surface area contributed by atoms with Gasteiger partial charge in [0.05, 0.1) is 21.7 Å². The largest absolute Gasteiger partial charge is 0.455 e. The van der Waals surface area contributed by atoms with Crippen molar-refractivity contribution < 1.29 is 14.1 Å². The lowest BCUT2D eigenvalue weighted by Crippen LogP contribution is -2.36. The zero-order valence-corrected chi connectivity index (χ0v) is 20.8. The molecular weight excluding hydrogens is 486 g/mol. The van der Waals surface area contributed by atoms with Gasteiger partial charge in [-0.15, -0.1) is 11.3 Å². The van der Waals surface area contributed by atoms with Gasteiger partial charge in [0.1, 0.15) is 16.5 Å². The third-order valence-electron chi connectivity index (χ3n) is 6.68. The Morgan fingerprint density at radius 2 is 1.94 bits per heavy atom. The number of nitro groups is 1. The summed E-state index contributed by atoms with van der Waals surface area (Å²) in [6.45, 7) is 0. The maximum absolute atomic E-state index is 13.3. The maximum atomic E-state index is 13.3. The fourth-order valence-electron chi connectivity index (χ4n) is 4.89. The number of hydrogen-bond donors (Lipinski definition) is 1. The van der Waals surface area contributed by atoms with Crippen LogP contribution in [0.25, 0.3) is 11.3 Å². The molecule has 0 aliphatic heterocycles. The van der Waals surface area contributed by atoms with Gasteiger partial charge >= 0.3 is 0 Å². The molecule has 0 spiro atoms. The van der Waals surface area contributed by atoms with E-state index in [9.17, 15) is 14.9 Å². The number of carbonyl (C=O) groups excluding carboxylic acids is 1. The van der Waals surface area contributed by atoms with E-state index in [0.29, 0.717) is 32.7 Å². The molecule has 9 heteroatoms. The summed E-state index contributed by atoms with van der Waals surface area (Å²) in [6, 6.07) is 7.92. The van der Waals surface area contributed by atoms with Crippen molar-refractivity contribution in [3.8, 4) is 11.3 Å². The molecule has 0 saturated heterocycles. The zero-order chi connectivity index (χ0) is 24.4. The zero-order valence-electron chi connectivity index (χ0n) is 19.2. The maximum Gasteiger partial charge on any atom is 0.270 e. The Hall–Kier alpha value is -2.97. The van der Waals surface area contributed by atoms with Crippen molar-refractivity contribution in [2.75, 3.05) is 0 Å². The van der Waals surface area contributed by atoms with Gasteiger partial charge in [-0.2, -0.15) is 0 Å². The third-order valence-corrected chi connectivity index (χ3v) is 8.21. The second-order valence-electron chi connectivity index (χ2n) is 9.08. The van der Waals surface area contributed by atoms with Crippen molar-refractivity contribution in [3.05, 3.63) is 67.2 Å². The lowest BCUT2D eigenvalue weighted by molar-refractivity contribution is -0.384. The fraction of sp³-hybridized carbons (Fsp3) is 0.385. The summed E-state index contributed by atoms with van der Waals surface area (Å²) >= 11 is 7.84. The number of thiophene rings is 1. The molecule has 1 saturated carbocycles. The lowest BCUT2D eigenvalue weighted by atomic mass is 9.93. The van der Waals surface area contributed by atoms with E-state index < -0.39 is 4.92 Å². The number of aliphatic imine (C=N–C) groups is 1. The molecule has 1 N–H and O–H groups in total. The number of nitro benzene ring substituents is 1. The van der Waals surface area contributed by atoms with E-state index in [2.05, 4.69) is 10.3 Å². The van der Waals surface area contributed by atoms with Crippen LogP contribution in [0.2, 0.25) is 5.02 Å². The van der Waals surface area contributed by atoms with E-state index in [1.807, 2.05) is 0 Å². The van der Waals surface area contributed by atoms with Crippen LogP contribution in [-0.2, 0) is 12.8 Å². The molecule has 0 unspecified atom stereocenters. The number of furan rings is 1. The Labute approximate surface area is 212 Å². The van der Waals surface area contributed by atoms with E-state index in [0.717, 1.165) is 56.9 Å². The standard InChI is InChI=1S/C26H26ClN3O4S/c27-21-12-10-17(30(32)33)14-20(21)22-13-11-18(34-22)15-28-26-24(19-8-4-5-9-23(19)35-26)25(31)29-16-6-2-1-3-7-16/h10-16H,1-9H2,(H,29,31)/b28-15-. The van der Waals surface area contributed by atoms with Crippen molar-refractivity contribution in [3.63, 3.8) is 0 Å². The van der Waals surface area contributed by atoms with E-state index in [1.54, 1.807) is 29.7 Å². The SMILES string of the molecule is O=C(NC1CCCCC1)c1c(/N=C\c2ccc(-c3cc([N+](=O)[O-])ccc3Cl)o2)sc2c1CCCC2. The quantitative estimate of drug-likeness (QED) is 0.214. The average molecular weight is 512 g/mol. The van der Waals surface area contributed by atoms with E-state index in [1.165, 1.54) is 29.5 Å². The highest BCUT2D eigenvalue weighted by molar-refractivity contribution is 7.16. The van der Waals surface area contributed by atoms with Crippen molar-refractivity contribution in [1.29, 1.82) is 0 Å². The Kier molecular flexibility index (Phi) is 7.02. The van der Waals surface area contributed by atoms with Crippen LogP contribution in [0.15, 0.2) is 39.7 Å². The third kappa shape index (κ3) is 5.18. The highest BCUT2D eigenvalue weighted by atomic mass is 35.5. The van der Waals surface area contributed by atoms with Gasteiger partial charge in [0.15, 0.2) is 0 Å². The van der Waals surface area contributed by atoms with E-state index in [-0.39, 0.29) is 17.6 Å². The number of nitrogens with one attached hydrogen (secondary N) is 1. The summed E-state index contributed by atoms with van der Waals surface area (Å²) in [7, 11) is 0. The van der Waals surface area contributed by atoms with E-state index in [4.69, 9.17) is 16.0 Å². The molecule has 2 aliphatic rings. The van der Waals surface area contributed by atoms with Gasteiger partial charge in [-0.3, -0.25) is 14.9 Å². The number of benzene rings is 1. The summed E-state index contributed by atoms with van der Waals surface area (Å²) in [5.41, 5.74) is 2.23. The topological polar surface area (TPSA) is 97.7 Å². The van der Waals surface area contributed by atoms with Crippen molar-refractivity contribution in [2.24, 2.45) is 4.99 Å². The van der Waals surface area contributed by atoms with Crippen molar-refractivity contribution in [1.82, 2.24) is 5.32 Å². The molecule has 0 atom stereocenters. The van der Waals surface area contributed by atoms with Gasteiger partial charge in [0.2, 0.25) is 0 Å². The van der Waals surface area contributed by atoms with Gasteiger partial charge in [-0.25, -0.2) is 4.99 Å². The first-order valence-electron chi connectivity index (χ1n) is 12.0. The highest BCUT2D eigenvalue weighted by Gasteiger charge is 2.27. The Morgan fingerprint density at radius 3 is 2.74 bits per heavy atom. The van der Waals surface area contributed by atoms with Crippen LogP contribution < -0.4 is 5.32 Å². The van der Waals surface area contributed by atoms with Gasteiger partial charge < -0.3 is 9.73 Å². The van der Waals surface area contributed by atoms with Crippen LogP contribution in [0.1, 0.15) is 71.5 Å². The number of carbonyl (C=O) groups is 1. The fourth-order valence-corrected chi connectivity index (χ4v) is 6.33. The molecule has 1 fully saturated rings. The molecular formula is C26H26ClN3O4S. The molecule has 1 amide bonds. The lowest BCUT2D eigenvalue weighted by Gasteiger charge is -2.23. The number of amides is 1. The molecule has 3 aromatic rings. The van der Waals surface area contributed by atoms with Gasteiger partial charge in [0, 0.05) is 28.6 Å². The van der Waals surface area contributed by atoms with Crippen LogP contribution in [0.5, 0.6) is 0 Å². The first kappa shape index (κ1) is 23.8. The number of aryl methyl sites for hydroxylation is 1. The van der Waals surface area contributed by atoms with Gasteiger partial charge in [-0.1, -0.05) is 30.9 Å². The van der Waals surface area contributed by atoms with Crippen LogP contribution in [-0.4, -0.2) is 23.1 Å². The summed E-state index contributed by atoms with van der Waals surface area (Å²) < 4.78 is 5.88. The molecule has 0 radical (unpaired) electrons. The summed E-state index contributed by atoms with van der Waals surface area (Å²) in [6.07, 6.45) is 11.3. The van der Waals surface area contributed by atoms with Gasteiger partial charge in [0.25, 0.3) is 11.6 Å². The van der Waals surface area contributed by atoms with E-state index >= 15 is 0 Å². The molecule has 1 aromatic carbocycles. The first-order valence-corrected chi connectivity index (χ1v) is 13.2. The molecule has 2 heterocycles. The number of hydrogen-bond acceptors (Lipinski definition) is 6. The molecule has 2 aromatic heterocycles. The molecule has 7 nitrogen and oxygen atoms in total. The molecule has 5 rings (SSSR count). The van der Waals surface area contributed by atoms with Crippen LogP contribution >= 0.6 is 22.9 Å². The summed E-state index contributed by atoms with van der Waals surface area (Å²) in [5.74, 6) is 0.875.